The highest BCUT2D eigenvalue weighted by Crippen LogP contribution is 2.34. The summed E-state index contributed by atoms with van der Waals surface area (Å²) in [6.07, 6.45) is 1.98. The standard InChI is InChI=1S/C12H12BrCl2N3/c1-7-8(6-18(2)17-7)5-16-12-10(14)3-9(13)4-11(12)15/h3-4,6,16H,5H2,1-2H3. The largest absolute Gasteiger partial charge is 0.378 e. The van der Waals surface area contributed by atoms with Gasteiger partial charge in [-0.25, -0.2) is 0 Å². The molecule has 0 spiro atoms. The lowest BCUT2D eigenvalue weighted by atomic mass is 10.2. The number of aryl methyl sites for hydroxylation is 2. The van der Waals surface area contributed by atoms with E-state index in [0.717, 1.165) is 21.4 Å². The van der Waals surface area contributed by atoms with E-state index in [1.54, 1.807) is 4.68 Å². The highest BCUT2D eigenvalue weighted by Gasteiger charge is 2.09. The highest BCUT2D eigenvalue weighted by molar-refractivity contribution is 9.10. The summed E-state index contributed by atoms with van der Waals surface area (Å²) in [5.74, 6) is 0. The van der Waals surface area contributed by atoms with Crippen molar-refractivity contribution < 1.29 is 0 Å². The Morgan fingerprint density at radius 3 is 2.44 bits per heavy atom. The first-order valence-corrected chi connectivity index (χ1v) is 6.90. The predicted octanol–water partition coefficient (Wildman–Crippen LogP) is 4.41. The van der Waals surface area contributed by atoms with Crippen LogP contribution in [0.4, 0.5) is 5.69 Å². The minimum atomic E-state index is 0.593. The fraction of sp³-hybridized carbons (Fsp3) is 0.250. The van der Waals surface area contributed by atoms with E-state index in [1.807, 2.05) is 32.3 Å². The number of aromatic nitrogens is 2. The molecule has 1 heterocycles. The van der Waals surface area contributed by atoms with Gasteiger partial charge in [0.2, 0.25) is 0 Å². The number of anilines is 1. The van der Waals surface area contributed by atoms with Gasteiger partial charge in [0, 0.05) is 29.8 Å². The van der Waals surface area contributed by atoms with Gasteiger partial charge in [0.25, 0.3) is 0 Å². The maximum Gasteiger partial charge on any atom is 0.0722 e. The van der Waals surface area contributed by atoms with Gasteiger partial charge in [-0.3, -0.25) is 4.68 Å². The van der Waals surface area contributed by atoms with Crippen molar-refractivity contribution in [1.82, 2.24) is 9.78 Å². The maximum atomic E-state index is 6.15. The Kier molecular flexibility index (Phi) is 4.20. The van der Waals surface area contributed by atoms with Crippen molar-refractivity contribution in [3.8, 4) is 0 Å². The summed E-state index contributed by atoms with van der Waals surface area (Å²) in [7, 11) is 1.90. The van der Waals surface area contributed by atoms with Crippen LogP contribution in [-0.4, -0.2) is 9.78 Å². The molecule has 2 aromatic rings. The van der Waals surface area contributed by atoms with Crippen LogP contribution in [0.25, 0.3) is 0 Å². The summed E-state index contributed by atoms with van der Waals surface area (Å²) in [6.45, 7) is 2.61. The third-order valence-corrected chi connectivity index (χ3v) is 3.63. The predicted molar refractivity (Wildman–Crippen MR) is 79.4 cm³/mol. The highest BCUT2D eigenvalue weighted by atomic mass is 79.9. The van der Waals surface area contributed by atoms with Crippen LogP contribution in [0.3, 0.4) is 0 Å². The van der Waals surface area contributed by atoms with Crippen molar-refractivity contribution in [2.24, 2.45) is 7.05 Å². The van der Waals surface area contributed by atoms with Gasteiger partial charge >= 0.3 is 0 Å². The first-order valence-electron chi connectivity index (χ1n) is 5.35. The van der Waals surface area contributed by atoms with Gasteiger partial charge in [-0.05, 0) is 19.1 Å². The van der Waals surface area contributed by atoms with Crippen molar-refractivity contribution in [2.45, 2.75) is 13.5 Å². The third kappa shape index (κ3) is 2.99. The quantitative estimate of drug-likeness (QED) is 0.890. The molecule has 6 heteroatoms. The molecule has 2 rings (SSSR count). The number of benzene rings is 1. The molecule has 0 fully saturated rings. The van der Waals surface area contributed by atoms with Crippen LogP contribution < -0.4 is 5.32 Å². The van der Waals surface area contributed by atoms with E-state index >= 15 is 0 Å². The van der Waals surface area contributed by atoms with Crippen LogP contribution in [0.2, 0.25) is 10.0 Å². The second-order valence-electron chi connectivity index (χ2n) is 4.01. The fourth-order valence-electron chi connectivity index (χ4n) is 1.72. The molecular formula is C12H12BrCl2N3. The van der Waals surface area contributed by atoms with Crippen LogP contribution in [0.1, 0.15) is 11.3 Å². The van der Waals surface area contributed by atoms with Crippen molar-refractivity contribution in [1.29, 1.82) is 0 Å². The van der Waals surface area contributed by atoms with Gasteiger partial charge in [0.15, 0.2) is 0 Å². The zero-order chi connectivity index (χ0) is 13.3. The van der Waals surface area contributed by atoms with E-state index in [1.165, 1.54) is 0 Å². The van der Waals surface area contributed by atoms with E-state index < -0.39 is 0 Å². The summed E-state index contributed by atoms with van der Waals surface area (Å²) in [4.78, 5) is 0. The minimum absolute atomic E-state index is 0.593. The van der Waals surface area contributed by atoms with Crippen molar-refractivity contribution in [3.05, 3.63) is 44.1 Å². The van der Waals surface area contributed by atoms with Crippen LogP contribution in [0, 0.1) is 6.92 Å². The molecule has 1 aromatic heterocycles. The maximum absolute atomic E-state index is 6.15. The number of hydrogen-bond acceptors (Lipinski definition) is 2. The van der Waals surface area contributed by atoms with E-state index in [0.29, 0.717) is 16.6 Å². The first-order chi connectivity index (χ1) is 8.47. The van der Waals surface area contributed by atoms with Crippen LogP contribution in [-0.2, 0) is 13.6 Å². The number of rotatable bonds is 3. The lowest BCUT2D eigenvalue weighted by Gasteiger charge is -2.10. The molecule has 0 saturated carbocycles. The van der Waals surface area contributed by atoms with Gasteiger partial charge in [-0.1, -0.05) is 39.1 Å². The van der Waals surface area contributed by atoms with Gasteiger partial charge in [-0.15, -0.1) is 0 Å². The molecule has 0 bridgehead atoms. The molecule has 0 amide bonds. The molecule has 96 valence electrons. The average Bonchev–Trinajstić information content (AvgIpc) is 2.55. The second-order valence-corrected chi connectivity index (χ2v) is 5.74. The molecule has 0 saturated heterocycles. The zero-order valence-electron chi connectivity index (χ0n) is 9.97. The van der Waals surface area contributed by atoms with E-state index in [9.17, 15) is 0 Å². The fourth-order valence-corrected chi connectivity index (χ4v) is 3.06. The second kappa shape index (κ2) is 5.51. The molecular weight excluding hydrogens is 337 g/mol. The molecule has 1 N–H and O–H groups in total. The molecule has 0 aliphatic rings. The molecule has 1 aromatic carbocycles. The lowest BCUT2D eigenvalue weighted by molar-refractivity contribution is 0.756. The minimum Gasteiger partial charge on any atom is -0.378 e. The third-order valence-electron chi connectivity index (χ3n) is 2.58. The lowest BCUT2D eigenvalue weighted by Crippen LogP contribution is -2.01. The SMILES string of the molecule is Cc1nn(C)cc1CNc1c(Cl)cc(Br)cc1Cl. The number of nitrogens with one attached hydrogen (secondary N) is 1. The van der Waals surface area contributed by atoms with Gasteiger partial charge < -0.3 is 5.32 Å². The number of nitrogens with zero attached hydrogens (tertiary/aromatic N) is 2. The molecule has 0 aliphatic carbocycles. The Morgan fingerprint density at radius 1 is 1.33 bits per heavy atom. The Bertz CT molecular complexity index is 558. The van der Waals surface area contributed by atoms with Gasteiger partial charge in [-0.2, -0.15) is 5.10 Å². The van der Waals surface area contributed by atoms with Gasteiger partial charge in [0.05, 0.1) is 21.4 Å². The van der Waals surface area contributed by atoms with Crippen LogP contribution in [0.15, 0.2) is 22.8 Å². The molecule has 0 aliphatic heterocycles. The van der Waals surface area contributed by atoms with E-state index in [4.69, 9.17) is 23.2 Å². The summed E-state index contributed by atoms with van der Waals surface area (Å²) in [6, 6.07) is 3.62. The number of hydrogen-bond donors (Lipinski definition) is 1. The molecule has 18 heavy (non-hydrogen) atoms. The van der Waals surface area contributed by atoms with Crippen LogP contribution in [0.5, 0.6) is 0 Å². The Morgan fingerprint density at radius 2 is 1.94 bits per heavy atom. The smallest absolute Gasteiger partial charge is 0.0722 e. The normalized spacial score (nSPS) is 10.7. The molecule has 0 atom stereocenters. The van der Waals surface area contributed by atoms with E-state index in [-0.39, 0.29) is 0 Å². The summed E-state index contributed by atoms with van der Waals surface area (Å²) < 4.78 is 2.65. The first kappa shape index (κ1) is 13.7. The molecule has 0 unspecified atom stereocenters. The average molecular weight is 349 g/mol. The Labute approximate surface area is 124 Å². The monoisotopic (exact) mass is 347 g/mol. The Balaban J connectivity index is 2.18. The molecule has 0 radical (unpaired) electrons. The van der Waals surface area contributed by atoms with E-state index in [2.05, 4.69) is 26.3 Å². The molecule has 3 nitrogen and oxygen atoms in total. The number of halogens is 3. The van der Waals surface area contributed by atoms with Crippen molar-refractivity contribution in [2.75, 3.05) is 5.32 Å². The topological polar surface area (TPSA) is 29.9 Å². The zero-order valence-corrected chi connectivity index (χ0v) is 13.1. The summed E-state index contributed by atoms with van der Waals surface area (Å²) >= 11 is 15.6. The summed E-state index contributed by atoms with van der Waals surface area (Å²) in [5.41, 5.74) is 2.85. The van der Waals surface area contributed by atoms with Crippen molar-refractivity contribution >= 4 is 44.8 Å². The van der Waals surface area contributed by atoms with Crippen molar-refractivity contribution in [3.63, 3.8) is 0 Å². The Hall–Kier alpha value is -0.710. The van der Waals surface area contributed by atoms with Crippen LogP contribution >= 0.6 is 39.1 Å². The van der Waals surface area contributed by atoms with Gasteiger partial charge in [0.1, 0.15) is 0 Å². The summed E-state index contributed by atoms with van der Waals surface area (Å²) in [5, 5.41) is 8.71.